The van der Waals surface area contributed by atoms with Crippen LogP contribution >= 0.6 is 0 Å². The molecule has 0 aliphatic rings. The normalized spacial score (nSPS) is 10.3. The molecule has 0 saturated carbocycles. The predicted octanol–water partition coefficient (Wildman–Crippen LogP) is 2.19. The molecule has 2 aromatic rings. The number of rotatable bonds is 4. The standard InChI is InChI=1S/C13H13N3O2/c1-2-3-11-15-8-10(13(17)18)12(16-11)9-4-6-14-7-5-9/h4-8H,2-3H2,1H3,(H,17,18). The number of aromatic nitrogens is 3. The van der Waals surface area contributed by atoms with E-state index in [1.54, 1.807) is 24.5 Å². The lowest BCUT2D eigenvalue weighted by Crippen LogP contribution is -2.06. The first kappa shape index (κ1) is 12.2. The Kier molecular flexibility index (Phi) is 3.62. The molecule has 0 spiro atoms. The lowest BCUT2D eigenvalue weighted by molar-refractivity contribution is 0.0697. The monoisotopic (exact) mass is 243 g/mol. The van der Waals surface area contributed by atoms with E-state index < -0.39 is 5.97 Å². The Labute approximate surface area is 105 Å². The molecule has 92 valence electrons. The number of carboxylic acid groups (broad SMARTS) is 1. The fourth-order valence-electron chi connectivity index (χ4n) is 1.65. The zero-order valence-electron chi connectivity index (χ0n) is 10.00. The highest BCUT2D eigenvalue weighted by Crippen LogP contribution is 2.20. The largest absolute Gasteiger partial charge is 0.478 e. The van der Waals surface area contributed by atoms with Gasteiger partial charge >= 0.3 is 5.97 Å². The van der Waals surface area contributed by atoms with Gasteiger partial charge in [0.15, 0.2) is 0 Å². The molecular weight excluding hydrogens is 230 g/mol. The topological polar surface area (TPSA) is 76.0 Å². The van der Waals surface area contributed by atoms with E-state index in [1.165, 1.54) is 6.20 Å². The van der Waals surface area contributed by atoms with Crippen molar-refractivity contribution in [2.45, 2.75) is 19.8 Å². The number of carbonyl (C=O) groups is 1. The molecule has 5 nitrogen and oxygen atoms in total. The van der Waals surface area contributed by atoms with E-state index in [2.05, 4.69) is 15.0 Å². The zero-order chi connectivity index (χ0) is 13.0. The van der Waals surface area contributed by atoms with Crippen LogP contribution in [0.5, 0.6) is 0 Å². The van der Waals surface area contributed by atoms with Crippen LogP contribution in [0.1, 0.15) is 29.5 Å². The lowest BCUT2D eigenvalue weighted by atomic mass is 10.1. The maximum absolute atomic E-state index is 11.2. The number of hydrogen-bond donors (Lipinski definition) is 1. The molecule has 2 aromatic heterocycles. The van der Waals surface area contributed by atoms with Crippen molar-refractivity contribution in [1.82, 2.24) is 15.0 Å². The second kappa shape index (κ2) is 5.35. The van der Waals surface area contributed by atoms with Gasteiger partial charge in [0.1, 0.15) is 11.4 Å². The van der Waals surface area contributed by atoms with Crippen LogP contribution in [0.25, 0.3) is 11.3 Å². The molecule has 0 atom stereocenters. The molecule has 0 saturated heterocycles. The van der Waals surface area contributed by atoms with Gasteiger partial charge in [0.05, 0.1) is 5.69 Å². The summed E-state index contributed by atoms with van der Waals surface area (Å²) < 4.78 is 0. The summed E-state index contributed by atoms with van der Waals surface area (Å²) in [6, 6.07) is 3.48. The van der Waals surface area contributed by atoms with Crippen molar-refractivity contribution in [1.29, 1.82) is 0 Å². The fraction of sp³-hybridized carbons (Fsp3) is 0.231. The SMILES string of the molecule is CCCc1ncc(C(=O)O)c(-c2ccncc2)n1. The Morgan fingerprint density at radius 3 is 2.67 bits per heavy atom. The number of carboxylic acids is 1. The van der Waals surface area contributed by atoms with Crippen LogP contribution in [0.3, 0.4) is 0 Å². The number of hydrogen-bond acceptors (Lipinski definition) is 4. The van der Waals surface area contributed by atoms with E-state index in [9.17, 15) is 4.79 Å². The highest BCUT2D eigenvalue weighted by Gasteiger charge is 2.14. The third-order valence-electron chi connectivity index (χ3n) is 2.50. The first-order valence-corrected chi connectivity index (χ1v) is 5.72. The Hall–Kier alpha value is -2.30. The van der Waals surface area contributed by atoms with E-state index in [-0.39, 0.29) is 5.56 Å². The molecule has 18 heavy (non-hydrogen) atoms. The highest BCUT2D eigenvalue weighted by molar-refractivity contribution is 5.94. The summed E-state index contributed by atoms with van der Waals surface area (Å²) in [7, 11) is 0. The fourth-order valence-corrected chi connectivity index (χ4v) is 1.65. The number of pyridine rings is 1. The van der Waals surface area contributed by atoms with Crippen molar-refractivity contribution < 1.29 is 9.90 Å². The Balaban J connectivity index is 2.54. The molecule has 0 radical (unpaired) electrons. The molecule has 2 heterocycles. The first-order chi connectivity index (χ1) is 8.72. The average Bonchev–Trinajstić information content (AvgIpc) is 2.40. The van der Waals surface area contributed by atoms with Gasteiger partial charge in [0.2, 0.25) is 0 Å². The minimum Gasteiger partial charge on any atom is -0.478 e. The van der Waals surface area contributed by atoms with Crippen molar-refractivity contribution >= 4 is 5.97 Å². The van der Waals surface area contributed by atoms with Crippen LogP contribution in [0, 0.1) is 0 Å². The maximum Gasteiger partial charge on any atom is 0.339 e. The van der Waals surface area contributed by atoms with Crippen LogP contribution in [0.4, 0.5) is 0 Å². The van der Waals surface area contributed by atoms with Crippen molar-refractivity contribution in [2.24, 2.45) is 0 Å². The van der Waals surface area contributed by atoms with Crippen LogP contribution in [-0.2, 0) is 6.42 Å². The van der Waals surface area contributed by atoms with Crippen LogP contribution in [-0.4, -0.2) is 26.0 Å². The summed E-state index contributed by atoms with van der Waals surface area (Å²) >= 11 is 0. The van der Waals surface area contributed by atoms with Crippen molar-refractivity contribution in [2.75, 3.05) is 0 Å². The van der Waals surface area contributed by atoms with Crippen molar-refractivity contribution in [3.8, 4) is 11.3 Å². The third kappa shape index (κ3) is 2.51. The molecule has 2 rings (SSSR count). The molecule has 0 fully saturated rings. The van der Waals surface area contributed by atoms with Gasteiger partial charge in [-0.05, 0) is 18.6 Å². The van der Waals surface area contributed by atoms with Gasteiger partial charge < -0.3 is 5.11 Å². The van der Waals surface area contributed by atoms with Gasteiger partial charge in [0.25, 0.3) is 0 Å². The van der Waals surface area contributed by atoms with E-state index in [1.807, 2.05) is 6.92 Å². The summed E-state index contributed by atoms with van der Waals surface area (Å²) in [6.07, 6.45) is 6.25. The lowest BCUT2D eigenvalue weighted by Gasteiger charge is -2.06. The summed E-state index contributed by atoms with van der Waals surface area (Å²) in [5.41, 5.74) is 1.30. The molecule has 0 unspecified atom stereocenters. The molecule has 0 bridgehead atoms. The Morgan fingerprint density at radius 1 is 1.33 bits per heavy atom. The van der Waals surface area contributed by atoms with Gasteiger partial charge in [-0.3, -0.25) is 4.98 Å². The molecule has 0 aliphatic carbocycles. The van der Waals surface area contributed by atoms with Crippen LogP contribution in [0.15, 0.2) is 30.7 Å². The van der Waals surface area contributed by atoms with E-state index in [4.69, 9.17) is 5.11 Å². The van der Waals surface area contributed by atoms with Gasteiger partial charge in [-0.1, -0.05) is 6.92 Å². The van der Waals surface area contributed by atoms with Crippen molar-refractivity contribution in [3.05, 3.63) is 42.1 Å². The van der Waals surface area contributed by atoms with Crippen LogP contribution in [0.2, 0.25) is 0 Å². The Morgan fingerprint density at radius 2 is 2.06 bits per heavy atom. The van der Waals surface area contributed by atoms with Gasteiger partial charge in [-0.15, -0.1) is 0 Å². The van der Waals surface area contributed by atoms with E-state index >= 15 is 0 Å². The zero-order valence-corrected chi connectivity index (χ0v) is 10.00. The summed E-state index contributed by atoms with van der Waals surface area (Å²) in [6.45, 7) is 2.03. The molecule has 0 aliphatic heterocycles. The minimum absolute atomic E-state index is 0.112. The number of aryl methyl sites for hydroxylation is 1. The molecule has 0 aromatic carbocycles. The second-order valence-electron chi connectivity index (χ2n) is 3.84. The molecule has 0 amide bonds. The summed E-state index contributed by atoms with van der Waals surface area (Å²) in [4.78, 5) is 23.5. The second-order valence-corrected chi connectivity index (χ2v) is 3.84. The van der Waals surface area contributed by atoms with E-state index in [0.717, 1.165) is 18.4 Å². The minimum atomic E-state index is -1.02. The quantitative estimate of drug-likeness (QED) is 0.890. The molecular formula is C13H13N3O2. The predicted molar refractivity (Wildman–Crippen MR) is 66.2 cm³/mol. The average molecular weight is 243 g/mol. The highest BCUT2D eigenvalue weighted by atomic mass is 16.4. The van der Waals surface area contributed by atoms with Gasteiger partial charge in [-0.2, -0.15) is 0 Å². The first-order valence-electron chi connectivity index (χ1n) is 5.72. The van der Waals surface area contributed by atoms with Gasteiger partial charge in [0, 0.05) is 30.6 Å². The van der Waals surface area contributed by atoms with Gasteiger partial charge in [-0.25, -0.2) is 14.8 Å². The maximum atomic E-state index is 11.2. The smallest absolute Gasteiger partial charge is 0.339 e. The summed E-state index contributed by atoms with van der Waals surface area (Å²) in [5, 5.41) is 9.15. The van der Waals surface area contributed by atoms with E-state index in [0.29, 0.717) is 11.5 Å². The molecule has 5 heteroatoms. The number of aromatic carboxylic acids is 1. The summed E-state index contributed by atoms with van der Waals surface area (Å²) in [5.74, 6) is -0.362. The number of nitrogens with zero attached hydrogens (tertiary/aromatic N) is 3. The third-order valence-corrected chi connectivity index (χ3v) is 2.50. The van der Waals surface area contributed by atoms with Crippen LogP contribution < -0.4 is 0 Å². The molecule has 1 N–H and O–H groups in total. The van der Waals surface area contributed by atoms with Crippen molar-refractivity contribution in [3.63, 3.8) is 0 Å². The Bertz CT molecular complexity index is 555.